The Bertz CT molecular complexity index is 804. The molecule has 0 bridgehead atoms. The molecule has 0 aliphatic heterocycles. The molecule has 3 rings (SSSR count). The van der Waals surface area contributed by atoms with Gasteiger partial charge in [-0.3, -0.25) is 4.79 Å². The molecule has 0 aliphatic carbocycles. The van der Waals surface area contributed by atoms with E-state index in [4.69, 9.17) is 11.6 Å². The van der Waals surface area contributed by atoms with Crippen LogP contribution in [0.4, 0.5) is 5.69 Å². The minimum absolute atomic E-state index is 0.283. The summed E-state index contributed by atoms with van der Waals surface area (Å²) < 4.78 is 0. The van der Waals surface area contributed by atoms with Gasteiger partial charge in [0.2, 0.25) is 0 Å². The van der Waals surface area contributed by atoms with Gasteiger partial charge in [-0.2, -0.15) is 0 Å². The van der Waals surface area contributed by atoms with E-state index in [0.717, 1.165) is 21.1 Å². The summed E-state index contributed by atoms with van der Waals surface area (Å²) in [5, 5.41) is 7.65. The number of thiophene rings is 1. The Hall–Kier alpha value is -1.76. The van der Waals surface area contributed by atoms with Crippen LogP contribution in [0.25, 0.3) is 9.88 Å². The molecule has 7 heteroatoms. The highest BCUT2D eigenvalue weighted by molar-refractivity contribution is 7.20. The molecule has 0 atom stereocenters. The maximum atomic E-state index is 12.3. The van der Waals surface area contributed by atoms with Gasteiger partial charge in [0.25, 0.3) is 5.91 Å². The van der Waals surface area contributed by atoms with Gasteiger partial charge < -0.3 is 5.32 Å². The van der Waals surface area contributed by atoms with Crippen molar-refractivity contribution in [2.75, 3.05) is 5.32 Å². The second kappa shape index (κ2) is 6.16. The van der Waals surface area contributed by atoms with Crippen molar-refractivity contribution in [1.29, 1.82) is 0 Å². The number of nitrogens with one attached hydrogen (secondary N) is 1. The van der Waals surface area contributed by atoms with E-state index in [2.05, 4.69) is 15.3 Å². The highest BCUT2D eigenvalue weighted by atomic mass is 35.5. The lowest BCUT2D eigenvalue weighted by Gasteiger charge is -2.09. The third kappa shape index (κ3) is 3.04. The predicted molar refractivity (Wildman–Crippen MR) is 92.1 cm³/mol. The van der Waals surface area contributed by atoms with E-state index in [1.54, 1.807) is 16.7 Å². The molecule has 4 nitrogen and oxygen atoms in total. The molecular weight excluding hydrogens is 338 g/mol. The lowest BCUT2D eigenvalue weighted by atomic mass is 10.2. The van der Waals surface area contributed by atoms with Crippen LogP contribution >= 0.6 is 34.3 Å². The first-order chi connectivity index (χ1) is 10.5. The molecular formula is C15H12ClN3OS2. The number of rotatable bonds is 3. The zero-order valence-electron chi connectivity index (χ0n) is 11.9. The molecule has 3 aromatic rings. The van der Waals surface area contributed by atoms with E-state index >= 15 is 0 Å². The number of halogens is 1. The molecule has 0 aliphatic rings. The van der Waals surface area contributed by atoms with Gasteiger partial charge in [-0.15, -0.1) is 22.7 Å². The van der Waals surface area contributed by atoms with E-state index in [1.807, 2.05) is 37.4 Å². The number of hydrogen-bond acceptors (Lipinski definition) is 5. The Kier molecular flexibility index (Phi) is 4.24. The largest absolute Gasteiger partial charge is 0.318 e. The summed E-state index contributed by atoms with van der Waals surface area (Å²) in [5.41, 5.74) is 2.60. The first-order valence-electron chi connectivity index (χ1n) is 6.49. The van der Waals surface area contributed by atoms with Crippen molar-refractivity contribution < 1.29 is 4.79 Å². The number of anilines is 1. The minimum Gasteiger partial charge on any atom is -0.318 e. The van der Waals surface area contributed by atoms with Crippen molar-refractivity contribution >= 4 is 45.9 Å². The van der Waals surface area contributed by atoms with E-state index in [0.29, 0.717) is 16.5 Å². The van der Waals surface area contributed by atoms with Gasteiger partial charge in [0.1, 0.15) is 10.7 Å². The number of aryl methyl sites for hydroxylation is 2. The Morgan fingerprint density at radius 3 is 2.77 bits per heavy atom. The topological polar surface area (TPSA) is 54.9 Å². The van der Waals surface area contributed by atoms with Crippen LogP contribution in [-0.2, 0) is 0 Å². The quantitative estimate of drug-likeness (QED) is 0.692. The molecule has 0 fully saturated rings. The molecule has 22 heavy (non-hydrogen) atoms. The van der Waals surface area contributed by atoms with Gasteiger partial charge in [0, 0.05) is 11.1 Å². The first-order valence-corrected chi connectivity index (χ1v) is 8.63. The van der Waals surface area contributed by atoms with Crippen LogP contribution in [0.5, 0.6) is 0 Å². The van der Waals surface area contributed by atoms with Gasteiger partial charge in [0.15, 0.2) is 5.15 Å². The summed E-state index contributed by atoms with van der Waals surface area (Å²) in [5.74, 6) is -0.283. The fourth-order valence-electron chi connectivity index (χ4n) is 2.01. The van der Waals surface area contributed by atoms with Crippen LogP contribution < -0.4 is 5.32 Å². The molecule has 0 saturated carbocycles. The molecule has 1 amide bonds. The summed E-state index contributed by atoms with van der Waals surface area (Å²) in [4.78, 5) is 21.9. The van der Waals surface area contributed by atoms with Crippen LogP contribution in [0.2, 0.25) is 5.15 Å². The summed E-state index contributed by atoms with van der Waals surface area (Å²) in [6, 6.07) is 5.82. The second-order valence-electron chi connectivity index (χ2n) is 4.72. The van der Waals surface area contributed by atoms with E-state index in [1.165, 1.54) is 11.3 Å². The number of hydrogen-bond donors (Lipinski definition) is 1. The number of carbonyl (C=O) groups excluding carboxylic acids is 1. The first kappa shape index (κ1) is 15.1. The van der Waals surface area contributed by atoms with Crippen LogP contribution in [0.15, 0.2) is 29.0 Å². The number of pyridine rings is 1. The van der Waals surface area contributed by atoms with E-state index in [9.17, 15) is 4.79 Å². The number of nitrogens with zero attached hydrogens (tertiary/aromatic N) is 2. The SMILES string of the molecule is Cc1cc(C)c(NC(=O)c2csc(-c3cccs3)n2)c(Cl)n1. The van der Waals surface area contributed by atoms with Crippen LogP contribution in [0, 0.1) is 13.8 Å². The molecule has 0 aromatic carbocycles. The zero-order valence-corrected chi connectivity index (χ0v) is 14.3. The van der Waals surface area contributed by atoms with Gasteiger partial charge >= 0.3 is 0 Å². The van der Waals surface area contributed by atoms with Crippen molar-refractivity contribution in [2.24, 2.45) is 0 Å². The molecule has 0 spiro atoms. The molecule has 3 aromatic heterocycles. The normalized spacial score (nSPS) is 10.7. The summed E-state index contributed by atoms with van der Waals surface area (Å²) in [6.45, 7) is 3.74. The predicted octanol–water partition coefficient (Wildman–Crippen LogP) is 4.79. The van der Waals surface area contributed by atoms with Gasteiger partial charge in [0.05, 0.1) is 10.6 Å². The van der Waals surface area contributed by atoms with E-state index in [-0.39, 0.29) is 5.91 Å². The molecule has 3 heterocycles. The highest BCUT2D eigenvalue weighted by Gasteiger charge is 2.16. The average Bonchev–Trinajstić information content (AvgIpc) is 3.12. The van der Waals surface area contributed by atoms with Crippen LogP contribution in [0.1, 0.15) is 21.7 Å². The lowest BCUT2D eigenvalue weighted by molar-refractivity contribution is 0.102. The third-order valence-corrected chi connectivity index (χ3v) is 5.16. The van der Waals surface area contributed by atoms with Crippen molar-refractivity contribution in [3.05, 3.63) is 51.1 Å². The maximum absolute atomic E-state index is 12.3. The summed E-state index contributed by atoms with van der Waals surface area (Å²) in [6.07, 6.45) is 0. The Balaban J connectivity index is 1.84. The fraction of sp³-hybridized carbons (Fsp3) is 0.133. The molecule has 0 unspecified atom stereocenters. The Morgan fingerprint density at radius 1 is 1.27 bits per heavy atom. The smallest absolute Gasteiger partial charge is 0.275 e. The van der Waals surface area contributed by atoms with Crippen molar-refractivity contribution in [3.63, 3.8) is 0 Å². The average molecular weight is 350 g/mol. The van der Waals surface area contributed by atoms with Gasteiger partial charge in [-0.25, -0.2) is 9.97 Å². The van der Waals surface area contributed by atoms with E-state index < -0.39 is 0 Å². The number of aromatic nitrogens is 2. The third-order valence-electron chi connectivity index (χ3n) is 3.01. The zero-order chi connectivity index (χ0) is 15.7. The maximum Gasteiger partial charge on any atom is 0.275 e. The Labute approximate surface area is 140 Å². The number of amides is 1. The van der Waals surface area contributed by atoms with Gasteiger partial charge in [-0.05, 0) is 36.9 Å². The fourth-order valence-corrected chi connectivity index (χ4v) is 3.95. The Morgan fingerprint density at radius 2 is 2.09 bits per heavy atom. The van der Waals surface area contributed by atoms with Gasteiger partial charge in [-0.1, -0.05) is 17.7 Å². The summed E-state index contributed by atoms with van der Waals surface area (Å²) >= 11 is 9.15. The second-order valence-corrected chi connectivity index (χ2v) is 6.88. The standard InChI is InChI=1S/C15H12ClN3OS2/c1-8-6-9(2)17-13(16)12(8)19-14(20)10-7-22-15(18-10)11-4-3-5-21-11/h3-7H,1-2H3,(H,19,20). The highest BCUT2D eigenvalue weighted by Crippen LogP contribution is 2.29. The summed E-state index contributed by atoms with van der Waals surface area (Å²) in [7, 11) is 0. The molecule has 0 saturated heterocycles. The molecule has 112 valence electrons. The van der Waals surface area contributed by atoms with Crippen LogP contribution in [0.3, 0.4) is 0 Å². The number of thiazole rings is 1. The van der Waals surface area contributed by atoms with Crippen LogP contribution in [-0.4, -0.2) is 15.9 Å². The van der Waals surface area contributed by atoms with Crippen molar-refractivity contribution in [2.45, 2.75) is 13.8 Å². The lowest BCUT2D eigenvalue weighted by Crippen LogP contribution is -2.14. The number of carbonyl (C=O) groups is 1. The van der Waals surface area contributed by atoms with Crippen molar-refractivity contribution in [1.82, 2.24) is 9.97 Å². The monoisotopic (exact) mass is 349 g/mol. The molecule has 1 N–H and O–H groups in total. The minimum atomic E-state index is -0.283. The van der Waals surface area contributed by atoms with Crippen molar-refractivity contribution in [3.8, 4) is 9.88 Å². The molecule has 0 radical (unpaired) electrons.